The largest absolute Gasteiger partial charge is 0.483 e. The number of nitrogens with zero attached hydrogens (tertiary/aromatic N) is 2. The van der Waals surface area contributed by atoms with Crippen molar-refractivity contribution in [3.05, 3.63) is 63.6 Å². The molecule has 0 aromatic heterocycles. The summed E-state index contributed by atoms with van der Waals surface area (Å²) in [5, 5.41) is 10.2. The molecule has 1 fully saturated rings. The van der Waals surface area contributed by atoms with E-state index in [0.29, 0.717) is 22.9 Å². The molecular weight excluding hydrogens is 427 g/mol. The predicted octanol–water partition coefficient (Wildman–Crippen LogP) is 3.73. The van der Waals surface area contributed by atoms with Crippen molar-refractivity contribution in [1.29, 1.82) is 0 Å². The monoisotopic (exact) mass is 450 g/mol. The van der Waals surface area contributed by atoms with Gasteiger partial charge < -0.3 is 14.7 Å². The number of benzene rings is 2. The average molecular weight is 451 g/mol. The van der Waals surface area contributed by atoms with Crippen LogP contribution in [0.15, 0.2) is 42.5 Å². The number of hydrogen-bond donors (Lipinski definition) is 1. The highest BCUT2D eigenvalue weighted by Gasteiger charge is 2.27. The fraction of sp³-hybridized carbons (Fsp3) is 0.364. The third-order valence-corrected chi connectivity index (χ3v) is 5.55. The van der Waals surface area contributed by atoms with E-state index < -0.39 is 5.97 Å². The van der Waals surface area contributed by atoms with Crippen molar-refractivity contribution in [3.63, 3.8) is 0 Å². The third-order valence-electron chi connectivity index (χ3n) is 5.07. The Balaban J connectivity index is 1.54. The number of carbonyl (C=O) groups excluding carboxylic acids is 1. The Hall–Kier alpha value is -2.28. The number of carboxylic acid groups (broad SMARTS) is 1. The van der Waals surface area contributed by atoms with Gasteiger partial charge in [0.25, 0.3) is 5.91 Å². The first-order valence-corrected chi connectivity index (χ1v) is 10.5. The first-order chi connectivity index (χ1) is 14.3. The Morgan fingerprint density at radius 2 is 1.80 bits per heavy atom. The van der Waals surface area contributed by atoms with Crippen LogP contribution in [0.1, 0.15) is 18.1 Å². The summed E-state index contributed by atoms with van der Waals surface area (Å²) in [5.41, 5.74) is 1.63. The van der Waals surface area contributed by atoms with Crippen molar-refractivity contribution in [2.45, 2.75) is 25.9 Å². The summed E-state index contributed by atoms with van der Waals surface area (Å²) in [6, 6.07) is 12.6. The molecule has 2 aromatic carbocycles. The molecule has 0 spiro atoms. The molecule has 0 saturated carbocycles. The molecule has 1 unspecified atom stereocenters. The van der Waals surface area contributed by atoms with Crippen LogP contribution in [0.25, 0.3) is 0 Å². The molecule has 1 heterocycles. The topological polar surface area (TPSA) is 70.1 Å². The maximum Gasteiger partial charge on any atom is 0.307 e. The highest BCUT2D eigenvalue weighted by atomic mass is 35.5. The summed E-state index contributed by atoms with van der Waals surface area (Å²) in [6.45, 7) is 4.83. The van der Waals surface area contributed by atoms with E-state index in [4.69, 9.17) is 33.0 Å². The van der Waals surface area contributed by atoms with Crippen LogP contribution in [0.5, 0.6) is 5.75 Å². The van der Waals surface area contributed by atoms with E-state index in [9.17, 15) is 9.59 Å². The fourth-order valence-electron chi connectivity index (χ4n) is 3.61. The van der Waals surface area contributed by atoms with Crippen LogP contribution in [-0.2, 0) is 22.6 Å². The van der Waals surface area contributed by atoms with Gasteiger partial charge in [-0.15, -0.1) is 0 Å². The second-order valence-corrected chi connectivity index (χ2v) is 8.28. The van der Waals surface area contributed by atoms with E-state index in [2.05, 4.69) is 4.90 Å². The first kappa shape index (κ1) is 22.4. The second-order valence-electron chi connectivity index (χ2n) is 7.41. The van der Waals surface area contributed by atoms with Gasteiger partial charge in [-0.2, -0.15) is 0 Å². The lowest BCUT2D eigenvalue weighted by atomic mass is 10.1. The van der Waals surface area contributed by atoms with Gasteiger partial charge in [0.2, 0.25) is 0 Å². The zero-order valence-corrected chi connectivity index (χ0v) is 18.2. The number of carbonyl (C=O) groups is 2. The molecule has 3 rings (SSSR count). The molecule has 0 radical (unpaired) electrons. The smallest absolute Gasteiger partial charge is 0.307 e. The van der Waals surface area contributed by atoms with E-state index in [1.165, 1.54) is 5.56 Å². The van der Waals surface area contributed by atoms with Crippen LogP contribution >= 0.6 is 23.2 Å². The Kier molecular flexibility index (Phi) is 7.58. The summed E-state index contributed by atoms with van der Waals surface area (Å²) in [6.07, 6.45) is -0.218. The van der Waals surface area contributed by atoms with Gasteiger partial charge in [0, 0.05) is 47.8 Å². The van der Waals surface area contributed by atoms with Crippen molar-refractivity contribution in [3.8, 4) is 5.75 Å². The number of hydrogen-bond acceptors (Lipinski definition) is 4. The fourth-order valence-corrected chi connectivity index (χ4v) is 3.93. The lowest BCUT2D eigenvalue weighted by molar-refractivity contribution is -0.138. The van der Waals surface area contributed by atoms with E-state index in [1.54, 1.807) is 18.2 Å². The molecule has 1 amide bonds. The molecule has 1 saturated heterocycles. The molecule has 8 heteroatoms. The van der Waals surface area contributed by atoms with E-state index in [0.717, 1.165) is 24.7 Å². The van der Waals surface area contributed by atoms with E-state index in [1.807, 2.05) is 36.1 Å². The highest BCUT2D eigenvalue weighted by Crippen LogP contribution is 2.24. The Labute approximate surface area is 185 Å². The number of amides is 1. The van der Waals surface area contributed by atoms with Crippen molar-refractivity contribution in [2.75, 3.05) is 26.2 Å². The molecular formula is C22H24Cl2N2O4. The number of carboxylic acids is 1. The van der Waals surface area contributed by atoms with Gasteiger partial charge in [0.05, 0.1) is 6.42 Å². The number of ether oxygens (including phenoxy) is 1. The normalized spacial score (nSPS) is 17.0. The van der Waals surface area contributed by atoms with Gasteiger partial charge in [-0.3, -0.25) is 14.5 Å². The minimum atomic E-state index is -0.987. The zero-order chi connectivity index (χ0) is 21.7. The van der Waals surface area contributed by atoms with Crippen molar-refractivity contribution in [1.82, 2.24) is 9.80 Å². The SMILES string of the molecule is CC1CN(Cc2ccc(Cl)cc2)CCN1C(=O)COc1ccc(Cl)cc1CC(=O)O. The Morgan fingerprint density at radius 1 is 1.10 bits per heavy atom. The zero-order valence-electron chi connectivity index (χ0n) is 16.7. The summed E-state index contributed by atoms with van der Waals surface area (Å²) < 4.78 is 5.65. The van der Waals surface area contributed by atoms with E-state index >= 15 is 0 Å². The van der Waals surface area contributed by atoms with Crippen LogP contribution in [0, 0.1) is 0 Å². The molecule has 0 bridgehead atoms. The van der Waals surface area contributed by atoms with E-state index in [-0.39, 0.29) is 25.0 Å². The molecule has 6 nitrogen and oxygen atoms in total. The summed E-state index contributed by atoms with van der Waals surface area (Å²) in [7, 11) is 0. The maximum atomic E-state index is 12.7. The van der Waals surface area contributed by atoms with Gasteiger partial charge >= 0.3 is 5.97 Å². The Bertz CT molecular complexity index is 905. The molecule has 0 aliphatic carbocycles. The van der Waals surface area contributed by atoms with Crippen LogP contribution in [0.2, 0.25) is 10.0 Å². The lowest BCUT2D eigenvalue weighted by Gasteiger charge is -2.39. The third kappa shape index (κ3) is 6.11. The van der Waals surface area contributed by atoms with Gasteiger partial charge in [-0.05, 0) is 42.8 Å². The minimum Gasteiger partial charge on any atom is -0.483 e. The van der Waals surface area contributed by atoms with Gasteiger partial charge in [0.1, 0.15) is 5.75 Å². The first-order valence-electron chi connectivity index (χ1n) is 9.71. The minimum absolute atomic E-state index is 0.0471. The second kappa shape index (κ2) is 10.2. The van der Waals surface area contributed by atoms with Crippen molar-refractivity contribution in [2.24, 2.45) is 0 Å². The van der Waals surface area contributed by atoms with Crippen LogP contribution in [0.4, 0.5) is 0 Å². The summed E-state index contributed by atoms with van der Waals surface area (Å²) in [5.74, 6) is -0.743. The van der Waals surface area contributed by atoms with Crippen molar-refractivity contribution < 1.29 is 19.4 Å². The predicted molar refractivity (Wildman–Crippen MR) is 116 cm³/mol. The molecule has 160 valence electrons. The van der Waals surface area contributed by atoms with Crippen LogP contribution in [0.3, 0.4) is 0 Å². The lowest BCUT2D eigenvalue weighted by Crippen LogP contribution is -2.54. The molecule has 30 heavy (non-hydrogen) atoms. The number of rotatable bonds is 7. The quantitative estimate of drug-likeness (QED) is 0.695. The molecule has 1 aliphatic rings. The Morgan fingerprint density at radius 3 is 2.47 bits per heavy atom. The van der Waals surface area contributed by atoms with Gasteiger partial charge in [-0.25, -0.2) is 0 Å². The molecule has 2 aromatic rings. The van der Waals surface area contributed by atoms with Crippen LogP contribution < -0.4 is 4.74 Å². The molecule has 1 N–H and O–H groups in total. The van der Waals surface area contributed by atoms with Crippen LogP contribution in [-0.4, -0.2) is 59.1 Å². The highest BCUT2D eigenvalue weighted by molar-refractivity contribution is 6.30. The standard InChI is InChI=1S/C22H24Cl2N2O4/c1-15-12-25(13-16-2-4-18(23)5-3-16)8-9-26(15)21(27)14-30-20-7-6-19(24)10-17(20)11-22(28)29/h2-7,10,15H,8-9,11-14H2,1H3,(H,28,29). The summed E-state index contributed by atoms with van der Waals surface area (Å²) >= 11 is 11.9. The molecule has 1 atom stereocenters. The van der Waals surface area contributed by atoms with Crippen molar-refractivity contribution >= 4 is 35.1 Å². The number of aliphatic carboxylic acids is 1. The van der Waals surface area contributed by atoms with Gasteiger partial charge in [0.15, 0.2) is 6.61 Å². The summed E-state index contributed by atoms with van der Waals surface area (Å²) in [4.78, 5) is 27.9. The molecule has 1 aliphatic heterocycles. The average Bonchev–Trinajstić information content (AvgIpc) is 2.68. The number of piperazine rings is 1. The van der Waals surface area contributed by atoms with Gasteiger partial charge in [-0.1, -0.05) is 35.3 Å². The maximum absolute atomic E-state index is 12.7. The number of halogens is 2.